The Balaban J connectivity index is 2.58. The van der Waals surface area contributed by atoms with Gasteiger partial charge in [-0.3, -0.25) is 0 Å². The fraction of sp³-hybridized carbons (Fsp3) is 0.640. The van der Waals surface area contributed by atoms with Crippen molar-refractivity contribution in [3.05, 3.63) is 35.4 Å². The number of ether oxygens (including phenoxy) is 4. The predicted octanol–water partition coefficient (Wildman–Crippen LogP) is 4.00. The van der Waals surface area contributed by atoms with Crippen molar-refractivity contribution in [2.24, 2.45) is 0 Å². The Labute approximate surface area is 209 Å². The fourth-order valence-corrected chi connectivity index (χ4v) is 3.38. The number of hydrogen-bond donors (Lipinski definition) is 1. The number of rotatable bonds is 16. The lowest BCUT2D eigenvalue weighted by Crippen LogP contribution is -2.61. The number of benzene rings is 1. The summed E-state index contributed by atoms with van der Waals surface area (Å²) in [6.07, 6.45) is -2.15. The second kappa shape index (κ2) is 15.5. The smallest absolute Gasteiger partial charge is 0.416 e. The van der Waals surface area contributed by atoms with E-state index in [0.29, 0.717) is 19.3 Å². The molecule has 0 aliphatic carbocycles. The molecule has 0 aliphatic rings. The lowest BCUT2D eigenvalue weighted by atomic mass is 9.96. The molecule has 1 atom stereocenters. The molecule has 0 radical (unpaired) electrons. The molecule has 0 aromatic heterocycles. The van der Waals surface area contributed by atoms with Gasteiger partial charge in [0.25, 0.3) is 5.60 Å². The SMILES string of the molecule is CCOC(=O)C(OCCCCCCCc1ccc(C(F)(F)F)cc1)C(O)(C(=O)OCC)C(=O)OCC. The van der Waals surface area contributed by atoms with Gasteiger partial charge in [-0.1, -0.05) is 31.4 Å². The van der Waals surface area contributed by atoms with E-state index in [1.54, 1.807) is 0 Å². The number of unbranched alkanes of at least 4 members (excludes halogenated alkanes) is 4. The van der Waals surface area contributed by atoms with Crippen molar-refractivity contribution in [3.8, 4) is 0 Å². The third-order valence-electron chi connectivity index (χ3n) is 5.23. The molecule has 1 unspecified atom stereocenters. The molecule has 1 N–H and O–H groups in total. The molecule has 0 fully saturated rings. The van der Waals surface area contributed by atoms with Crippen LogP contribution in [0.5, 0.6) is 0 Å². The summed E-state index contributed by atoms with van der Waals surface area (Å²) < 4.78 is 57.8. The second-order valence-corrected chi connectivity index (χ2v) is 7.92. The first-order chi connectivity index (χ1) is 17.0. The first-order valence-electron chi connectivity index (χ1n) is 12.0. The van der Waals surface area contributed by atoms with Gasteiger partial charge in [-0.15, -0.1) is 0 Å². The van der Waals surface area contributed by atoms with Crippen molar-refractivity contribution in [1.29, 1.82) is 0 Å². The molecule has 204 valence electrons. The van der Waals surface area contributed by atoms with Gasteiger partial charge in [0.15, 0.2) is 0 Å². The lowest BCUT2D eigenvalue weighted by Gasteiger charge is -2.30. The van der Waals surface area contributed by atoms with Crippen LogP contribution < -0.4 is 0 Å². The van der Waals surface area contributed by atoms with Gasteiger partial charge in [0.1, 0.15) is 0 Å². The number of halogens is 3. The number of carbonyl (C=O) groups excluding carboxylic acids is 3. The summed E-state index contributed by atoms with van der Waals surface area (Å²) in [5.41, 5.74) is -2.87. The highest BCUT2D eigenvalue weighted by molar-refractivity contribution is 6.08. The molecular formula is C25H35F3O8. The Hall–Kier alpha value is -2.66. The molecule has 0 bridgehead atoms. The fourth-order valence-electron chi connectivity index (χ4n) is 3.38. The average Bonchev–Trinajstić information content (AvgIpc) is 2.82. The standard InChI is InChI=1S/C25H35F3O8/c1-4-33-21(29)20(24(32,22(30)34-5-2)23(31)35-6-3)36-17-11-9-7-8-10-12-18-13-15-19(16-14-18)25(26,27)28/h13-16,20,32H,4-12,17H2,1-3H3. The number of esters is 3. The van der Waals surface area contributed by atoms with E-state index in [4.69, 9.17) is 18.9 Å². The van der Waals surface area contributed by atoms with Crippen molar-refractivity contribution in [1.82, 2.24) is 0 Å². The normalized spacial score (nSPS) is 12.6. The minimum absolute atomic E-state index is 0.0521. The molecule has 0 saturated heterocycles. The molecule has 0 saturated carbocycles. The number of alkyl halides is 3. The summed E-state index contributed by atoms with van der Waals surface area (Å²) in [4.78, 5) is 37.3. The third-order valence-corrected chi connectivity index (χ3v) is 5.23. The summed E-state index contributed by atoms with van der Waals surface area (Å²) in [7, 11) is 0. The van der Waals surface area contributed by atoms with Crippen LogP contribution in [0.25, 0.3) is 0 Å². The van der Waals surface area contributed by atoms with Gasteiger partial charge in [0.2, 0.25) is 6.10 Å². The maximum absolute atomic E-state index is 12.6. The van der Waals surface area contributed by atoms with Crippen molar-refractivity contribution in [2.75, 3.05) is 26.4 Å². The zero-order chi connectivity index (χ0) is 27.2. The van der Waals surface area contributed by atoms with Crippen LogP contribution in [0, 0.1) is 0 Å². The Morgan fingerprint density at radius 1 is 0.806 bits per heavy atom. The van der Waals surface area contributed by atoms with Crippen LogP contribution in [-0.2, 0) is 45.9 Å². The highest BCUT2D eigenvalue weighted by Crippen LogP contribution is 2.29. The average molecular weight is 521 g/mol. The van der Waals surface area contributed by atoms with E-state index < -0.39 is 41.4 Å². The van der Waals surface area contributed by atoms with Gasteiger partial charge in [-0.2, -0.15) is 13.2 Å². The van der Waals surface area contributed by atoms with Crippen LogP contribution in [0.2, 0.25) is 0 Å². The van der Waals surface area contributed by atoms with Crippen LogP contribution >= 0.6 is 0 Å². The first kappa shape index (κ1) is 31.4. The van der Waals surface area contributed by atoms with E-state index in [1.807, 2.05) is 0 Å². The Bertz CT molecular complexity index is 806. The quantitative estimate of drug-likeness (QED) is 0.151. The van der Waals surface area contributed by atoms with Gasteiger partial charge >= 0.3 is 24.1 Å². The maximum Gasteiger partial charge on any atom is 0.416 e. The summed E-state index contributed by atoms with van der Waals surface area (Å²) in [5.74, 6) is -3.84. The van der Waals surface area contributed by atoms with Gasteiger partial charge in [0, 0.05) is 6.61 Å². The van der Waals surface area contributed by atoms with Crippen molar-refractivity contribution < 1.29 is 51.6 Å². The molecule has 0 aliphatic heterocycles. The van der Waals surface area contributed by atoms with E-state index in [-0.39, 0.29) is 26.4 Å². The van der Waals surface area contributed by atoms with E-state index in [1.165, 1.54) is 32.9 Å². The third kappa shape index (κ3) is 9.42. The highest BCUT2D eigenvalue weighted by atomic mass is 19.4. The minimum Gasteiger partial charge on any atom is -0.464 e. The molecule has 0 heterocycles. The summed E-state index contributed by atoms with van der Waals surface area (Å²) in [6, 6.07) is 5.09. The minimum atomic E-state index is -4.35. The van der Waals surface area contributed by atoms with Crippen molar-refractivity contribution >= 4 is 17.9 Å². The number of carbonyl (C=O) groups is 3. The van der Waals surface area contributed by atoms with Crippen LogP contribution in [0.15, 0.2) is 24.3 Å². The predicted molar refractivity (Wildman–Crippen MR) is 123 cm³/mol. The summed E-state index contributed by atoms with van der Waals surface area (Å²) >= 11 is 0. The molecular weight excluding hydrogens is 485 g/mol. The molecule has 36 heavy (non-hydrogen) atoms. The maximum atomic E-state index is 12.6. The Morgan fingerprint density at radius 3 is 1.81 bits per heavy atom. The van der Waals surface area contributed by atoms with E-state index in [9.17, 15) is 32.7 Å². The molecule has 0 spiro atoms. The van der Waals surface area contributed by atoms with E-state index in [2.05, 4.69) is 0 Å². The monoisotopic (exact) mass is 520 g/mol. The number of hydrogen-bond acceptors (Lipinski definition) is 8. The zero-order valence-electron chi connectivity index (χ0n) is 20.9. The largest absolute Gasteiger partial charge is 0.464 e. The van der Waals surface area contributed by atoms with E-state index in [0.717, 1.165) is 37.0 Å². The molecule has 1 aromatic carbocycles. The van der Waals surface area contributed by atoms with E-state index >= 15 is 0 Å². The summed E-state index contributed by atoms with van der Waals surface area (Å²) in [6.45, 7) is 4.05. The molecule has 1 rings (SSSR count). The lowest BCUT2D eigenvalue weighted by molar-refractivity contribution is -0.208. The van der Waals surface area contributed by atoms with Crippen LogP contribution in [0.3, 0.4) is 0 Å². The molecule has 11 heteroatoms. The van der Waals surface area contributed by atoms with Crippen molar-refractivity contribution in [3.63, 3.8) is 0 Å². The van der Waals surface area contributed by atoms with Crippen LogP contribution in [-0.4, -0.2) is 61.1 Å². The van der Waals surface area contributed by atoms with Crippen LogP contribution in [0.4, 0.5) is 13.2 Å². The highest BCUT2D eigenvalue weighted by Gasteiger charge is 2.58. The number of aliphatic hydroxyl groups is 1. The topological polar surface area (TPSA) is 108 Å². The van der Waals surface area contributed by atoms with Gasteiger partial charge in [-0.25, -0.2) is 14.4 Å². The van der Waals surface area contributed by atoms with Crippen LogP contribution in [0.1, 0.15) is 64.0 Å². The number of aryl methyl sites for hydroxylation is 1. The summed E-state index contributed by atoms with van der Waals surface area (Å²) in [5, 5.41) is 10.9. The van der Waals surface area contributed by atoms with Gasteiger partial charge in [-0.05, 0) is 57.7 Å². The Kier molecular flexibility index (Phi) is 13.5. The zero-order valence-corrected chi connectivity index (χ0v) is 20.9. The molecule has 8 nitrogen and oxygen atoms in total. The van der Waals surface area contributed by atoms with Gasteiger partial charge in [0.05, 0.1) is 25.4 Å². The molecule has 1 aromatic rings. The first-order valence-corrected chi connectivity index (χ1v) is 12.0. The molecule has 0 amide bonds. The van der Waals surface area contributed by atoms with Gasteiger partial charge < -0.3 is 24.1 Å². The Morgan fingerprint density at radius 2 is 1.31 bits per heavy atom. The van der Waals surface area contributed by atoms with Crippen molar-refractivity contribution in [2.45, 2.75) is 77.2 Å². The second-order valence-electron chi connectivity index (χ2n) is 7.92.